The summed E-state index contributed by atoms with van der Waals surface area (Å²) in [6.45, 7) is 9.62. The van der Waals surface area contributed by atoms with E-state index in [1.807, 2.05) is 45.0 Å². The zero-order chi connectivity index (χ0) is 20.6. The molecule has 154 valence electrons. The van der Waals surface area contributed by atoms with E-state index < -0.39 is 10.0 Å². The standard InChI is InChI=1S/C20H30N4O2S2/c1-5-21-20(23-13-19-16(4)10-11-27-19)22-12-17-8-6-7-9-18(17)14-28(25,26)24-15(2)3/h6-11,15,24H,5,12-14H2,1-4H3,(H2,21,22,23). The Morgan fingerprint density at radius 1 is 1.14 bits per heavy atom. The highest BCUT2D eigenvalue weighted by Crippen LogP contribution is 2.15. The third-order valence-electron chi connectivity index (χ3n) is 4.02. The molecule has 0 unspecified atom stereocenters. The smallest absolute Gasteiger partial charge is 0.216 e. The predicted octanol–water partition coefficient (Wildman–Crippen LogP) is 3.14. The van der Waals surface area contributed by atoms with E-state index in [1.165, 1.54) is 10.4 Å². The van der Waals surface area contributed by atoms with E-state index in [-0.39, 0.29) is 11.8 Å². The number of rotatable bonds is 9. The van der Waals surface area contributed by atoms with Gasteiger partial charge in [0.05, 0.1) is 18.8 Å². The number of thiophene rings is 1. The van der Waals surface area contributed by atoms with Crippen molar-refractivity contribution < 1.29 is 8.42 Å². The van der Waals surface area contributed by atoms with Crippen LogP contribution in [0.15, 0.2) is 40.7 Å². The first-order valence-corrected chi connectivity index (χ1v) is 12.0. The highest BCUT2D eigenvalue weighted by molar-refractivity contribution is 7.88. The first kappa shape index (κ1) is 22.4. The van der Waals surface area contributed by atoms with Gasteiger partial charge >= 0.3 is 0 Å². The van der Waals surface area contributed by atoms with Crippen LogP contribution in [0.3, 0.4) is 0 Å². The molecule has 0 atom stereocenters. The van der Waals surface area contributed by atoms with Crippen molar-refractivity contribution in [3.8, 4) is 0 Å². The Morgan fingerprint density at radius 3 is 2.46 bits per heavy atom. The maximum atomic E-state index is 12.3. The summed E-state index contributed by atoms with van der Waals surface area (Å²) in [6.07, 6.45) is 0. The highest BCUT2D eigenvalue weighted by Gasteiger charge is 2.15. The van der Waals surface area contributed by atoms with Crippen LogP contribution >= 0.6 is 11.3 Å². The van der Waals surface area contributed by atoms with Gasteiger partial charge in [-0.1, -0.05) is 24.3 Å². The summed E-state index contributed by atoms with van der Waals surface area (Å²) in [7, 11) is -3.38. The molecule has 0 aliphatic rings. The molecule has 0 aliphatic carbocycles. The molecular formula is C20H30N4O2S2. The number of hydrogen-bond acceptors (Lipinski definition) is 4. The van der Waals surface area contributed by atoms with Crippen LogP contribution in [0, 0.1) is 6.92 Å². The van der Waals surface area contributed by atoms with E-state index in [9.17, 15) is 8.42 Å². The van der Waals surface area contributed by atoms with E-state index in [1.54, 1.807) is 11.3 Å². The Hall–Kier alpha value is -1.90. The summed E-state index contributed by atoms with van der Waals surface area (Å²) in [5.74, 6) is 0.670. The van der Waals surface area contributed by atoms with Crippen LogP contribution in [0.2, 0.25) is 0 Å². The average molecular weight is 423 g/mol. The van der Waals surface area contributed by atoms with E-state index >= 15 is 0 Å². The van der Waals surface area contributed by atoms with Crippen molar-refractivity contribution in [2.45, 2.75) is 52.6 Å². The van der Waals surface area contributed by atoms with E-state index in [2.05, 4.69) is 38.7 Å². The number of hydrogen-bond donors (Lipinski definition) is 3. The lowest BCUT2D eigenvalue weighted by Crippen LogP contribution is -2.36. The van der Waals surface area contributed by atoms with Gasteiger partial charge in [0.2, 0.25) is 10.0 Å². The molecular weight excluding hydrogens is 392 g/mol. The molecule has 2 rings (SSSR count). The van der Waals surface area contributed by atoms with Gasteiger partial charge < -0.3 is 10.6 Å². The summed E-state index contributed by atoms with van der Waals surface area (Å²) in [4.78, 5) is 5.92. The summed E-state index contributed by atoms with van der Waals surface area (Å²) in [6, 6.07) is 9.52. The quantitative estimate of drug-likeness (QED) is 0.428. The molecule has 0 saturated heterocycles. The molecule has 0 fully saturated rings. The number of aliphatic imine (C=N–C) groups is 1. The van der Waals surface area contributed by atoms with Crippen molar-refractivity contribution in [2.75, 3.05) is 6.54 Å². The minimum Gasteiger partial charge on any atom is -0.357 e. The van der Waals surface area contributed by atoms with Crippen LogP contribution in [-0.4, -0.2) is 27.0 Å². The van der Waals surface area contributed by atoms with E-state index in [0.717, 1.165) is 17.7 Å². The fourth-order valence-electron chi connectivity index (χ4n) is 2.71. The summed E-state index contributed by atoms with van der Waals surface area (Å²) in [5, 5.41) is 8.67. The molecule has 1 aromatic carbocycles. The number of benzene rings is 1. The van der Waals surface area contributed by atoms with Crippen LogP contribution in [0.1, 0.15) is 42.3 Å². The lowest BCUT2D eigenvalue weighted by atomic mass is 10.1. The Kier molecular flexibility index (Phi) is 8.47. The Balaban J connectivity index is 2.10. The van der Waals surface area contributed by atoms with Gasteiger partial charge in [-0.05, 0) is 55.8 Å². The molecule has 0 aliphatic heterocycles. The lowest BCUT2D eigenvalue weighted by molar-refractivity contribution is 0.569. The highest BCUT2D eigenvalue weighted by atomic mass is 32.2. The van der Waals surface area contributed by atoms with Crippen LogP contribution in [0.4, 0.5) is 0 Å². The van der Waals surface area contributed by atoms with E-state index in [0.29, 0.717) is 19.0 Å². The number of guanidine groups is 1. The largest absolute Gasteiger partial charge is 0.357 e. The summed E-state index contributed by atoms with van der Waals surface area (Å²) in [5.41, 5.74) is 2.94. The number of aryl methyl sites for hydroxylation is 1. The van der Waals surface area contributed by atoms with E-state index in [4.69, 9.17) is 0 Å². The zero-order valence-corrected chi connectivity index (χ0v) is 18.6. The normalized spacial score (nSPS) is 12.4. The fourth-order valence-corrected chi connectivity index (χ4v) is 5.05. The van der Waals surface area contributed by atoms with Gasteiger partial charge in [-0.3, -0.25) is 0 Å². The topological polar surface area (TPSA) is 82.6 Å². The van der Waals surface area contributed by atoms with Gasteiger partial charge in [-0.2, -0.15) is 0 Å². The van der Waals surface area contributed by atoms with Crippen molar-refractivity contribution in [2.24, 2.45) is 4.99 Å². The predicted molar refractivity (Wildman–Crippen MR) is 118 cm³/mol. The Bertz CT molecular complexity index is 889. The van der Waals surface area contributed by atoms with Crippen molar-refractivity contribution in [1.82, 2.24) is 15.4 Å². The van der Waals surface area contributed by atoms with Gasteiger partial charge in [-0.25, -0.2) is 18.1 Å². The molecule has 6 nitrogen and oxygen atoms in total. The Labute approximate surface area is 172 Å². The molecule has 8 heteroatoms. The molecule has 1 heterocycles. The molecule has 0 amide bonds. The maximum Gasteiger partial charge on any atom is 0.216 e. The van der Waals surface area contributed by atoms with Crippen LogP contribution in [-0.2, 0) is 28.9 Å². The third kappa shape index (κ3) is 7.26. The maximum absolute atomic E-state index is 12.3. The molecule has 28 heavy (non-hydrogen) atoms. The SMILES string of the molecule is CCNC(=NCc1ccccc1CS(=O)(=O)NC(C)C)NCc1sccc1C. The number of nitrogens with zero attached hydrogens (tertiary/aromatic N) is 1. The average Bonchev–Trinajstić information content (AvgIpc) is 3.02. The van der Waals surface area contributed by atoms with Gasteiger partial charge in [0.25, 0.3) is 0 Å². The van der Waals surface area contributed by atoms with Crippen LogP contribution in [0.25, 0.3) is 0 Å². The summed E-state index contributed by atoms with van der Waals surface area (Å²) < 4.78 is 27.2. The second-order valence-electron chi connectivity index (χ2n) is 6.88. The molecule has 1 aromatic heterocycles. The molecule has 3 N–H and O–H groups in total. The van der Waals surface area contributed by atoms with Gasteiger partial charge in [0.1, 0.15) is 0 Å². The van der Waals surface area contributed by atoms with Gasteiger partial charge in [-0.15, -0.1) is 11.3 Å². The Morgan fingerprint density at radius 2 is 1.86 bits per heavy atom. The molecule has 0 bridgehead atoms. The van der Waals surface area contributed by atoms with Gasteiger partial charge in [0, 0.05) is 17.5 Å². The second kappa shape index (κ2) is 10.6. The van der Waals surface area contributed by atoms with Crippen LogP contribution in [0.5, 0.6) is 0 Å². The first-order chi connectivity index (χ1) is 13.3. The minimum absolute atomic E-state index is 0.0464. The lowest BCUT2D eigenvalue weighted by Gasteiger charge is -2.13. The molecule has 0 spiro atoms. The zero-order valence-electron chi connectivity index (χ0n) is 17.0. The molecule has 2 aromatic rings. The molecule has 0 saturated carbocycles. The van der Waals surface area contributed by atoms with Crippen LogP contribution < -0.4 is 15.4 Å². The fraction of sp³-hybridized carbons (Fsp3) is 0.450. The van der Waals surface area contributed by atoms with Gasteiger partial charge in [0.15, 0.2) is 5.96 Å². The number of nitrogens with one attached hydrogen (secondary N) is 3. The third-order valence-corrected chi connectivity index (χ3v) is 6.56. The van der Waals surface area contributed by atoms with Crippen molar-refractivity contribution in [1.29, 1.82) is 0 Å². The molecule has 0 radical (unpaired) electrons. The van der Waals surface area contributed by atoms with Crippen molar-refractivity contribution >= 4 is 27.3 Å². The van der Waals surface area contributed by atoms with Crippen molar-refractivity contribution in [3.63, 3.8) is 0 Å². The second-order valence-corrected chi connectivity index (χ2v) is 9.63. The first-order valence-electron chi connectivity index (χ1n) is 9.42. The monoisotopic (exact) mass is 422 g/mol. The summed E-state index contributed by atoms with van der Waals surface area (Å²) >= 11 is 1.72. The minimum atomic E-state index is -3.38. The van der Waals surface area contributed by atoms with Crippen molar-refractivity contribution in [3.05, 3.63) is 57.3 Å². The number of sulfonamides is 1.